The van der Waals surface area contributed by atoms with Gasteiger partial charge >= 0.3 is 0 Å². The van der Waals surface area contributed by atoms with Crippen molar-refractivity contribution in [3.63, 3.8) is 0 Å². The fourth-order valence-electron chi connectivity index (χ4n) is 2.20. The van der Waals surface area contributed by atoms with Gasteiger partial charge in [-0.05, 0) is 24.6 Å². The first kappa shape index (κ1) is 17.6. The smallest absolute Gasteiger partial charge is 0.213 e. The molecule has 0 atom stereocenters. The van der Waals surface area contributed by atoms with Crippen LogP contribution in [-0.2, 0) is 13.1 Å². The zero-order chi connectivity index (χ0) is 17.2. The Labute approximate surface area is 142 Å². The zero-order valence-corrected chi connectivity index (χ0v) is 14.4. The van der Waals surface area contributed by atoms with Crippen molar-refractivity contribution in [2.75, 3.05) is 20.8 Å². The average molecular weight is 328 g/mol. The summed E-state index contributed by atoms with van der Waals surface area (Å²) >= 11 is 0. The lowest BCUT2D eigenvalue weighted by molar-refractivity contribution is 0.336. The van der Waals surface area contributed by atoms with Gasteiger partial charge in [0, 0.05) is 38.0 Å². The molecule has 0 spiro atoms. The summed E-state index contributed by atoms with van der Waals surface area (Å²) in [6.45, 7) is 3.89. The van der Waals surface area contributed by atoms with Gasteiger partial charge < -0.3 is 20.1 Å². The fourth-order valence-corrected chi connectivity index (χ4v) is 2.20. The Balaban J connectivity index is 1.91. The van der Waals surface area contributed by atoms with Crippen LogP contribution in [0.3, 0.4) is 0 Å². The lowest BCUT2D eigenvalue weighted by atomic mass is 10.2. The molecule has 0 unspecified atom stereocenters. The topological polar surface area (TPSA) is 67.8 Å². The lowest BCUT2D eigenvalue weighted by Crippen LogP contribution is -2.36. The Morgan fingerprint density at radius 1 is 1.17 bits per heavy atom. The summed E-state index contributed by atoms with van der Waals surface area (Å²) < 4.78 is 10.8. The summed E-state index contributed by atoms with van der Waals surface area (Å²) in [7, 11) is 3.35. The highest BCUT2D eigenvalue weighted by Crippen LogP contribution is 2.17. The van der Waals surface area contributed by atoms with Crippen LogP contribution in [-0.4, -0.2) is 31.7 Å². The lowest BCUT2D eigenvalue weighted by Gasteiger charge is -2.14. The average Bonchev–Trinajstić information content (AvgIpc) is 2.63. The van der Waals surface area contributed by atoms with Crippen molar-refractivity contribution >= 4 is 5.96 Å². The highest BCUT2D eigenvalue weighted by Gasteiger charge is 2.04. The number of nitrogens with one attached hydrogen (secondary N) is 2. The van der Waals surface area contributed by atoms with Gasteiger partial charge in [0.2, 0.25) is 5.88 Å². The third kappa shape index (κ3) is 5.15. The Morgan fingerprint density at radius 3 is 2.71 bits per heavy atom. The van der Waals surface area contributed by atoms with Crippen LogP contribution in [0.4, 0.5) is 0 Å². The summed E-state index contributed by atoms with van der Waals surface area (Å²) in [5.41, 5.74) is 2.16. The molecule has 0 aliphatic heterocycles. The van der Waals surface area contributed by atoms with E-state index in [4.69, 9.17) is 9.47 Å². The molecule has 0 aliphatic carbocycles. The van der Waals surface area contributed by atoms with E-state index >= 15 is 0 Å². The highest BCUT2D eigenvalue weighted by atomic mass is 16.5. The second-order valence-electron chi connectivity index (χ2n) is 5.03. The molecule has 6 heteroatoms. The number of nitrogens with zero attached hydrogens (tertiary/aromatic N) is 2. The quantitative estimate of drug-likeness (QED) is 0.603. The highest BCUT2D eigenvalue weighted by molar-refractivity contribution is 5.79. The molecule has 0 saturated heterocycles. The number of hydrogen-bond donors (Lipinski definition) is 2. The largest absolute Gasteiger partial charge is 0.494 e. The Bertz CT molecular complexity index is 674. The van der Waals surface area contributed by atoms with Gasteiger partial charge in [0.15, 0.2) is 5.96 Å². The standard InChI is InChI=1S/C18H24N4O2/c1-4-24-16-8-6-5-7-15(16)13-22-18(19-2)21-12-14-9-10-20-17(11-14)23-3/h5-11H,4,12-13H2,1-3H3,(H2,19,21,22). The molecule has 0 saturated carbocycles. The minimum atomic E-state index is 0.600. The van der Waals surface area contributed by atoms with Crippen LogP contribution in [0.5, 0.6) is 11.6 Å². The number of benzene rings is 1. The summed E-state index contributed by atoms with van der Waals surface area (Å²) in [6.07, 6.45) is 1.73. The molecule has 2 rings (SSSR count). The number of hydrogen-bond acceptors (Lipinski definition) is 4. The van der Waals surface area contributed by atoms with Crippen molar-refractivity contribution in [3.05, 3.63) is 53.7 Å². The van der Waals surface area contributed by atoms with Crippen LogP contribution >= 0.6 is 0 Å². The molecule has 6 nitrogen and oxygen atoms in total. The van der Waals surface area contributed by atoms with Crippen LogP contribution in [0.1, 0.15) is 18.1 Å². The molecule has 0 amide bonds. The zero-order valence-electron chi connectivity index (χ0n) is 14.4. The molecule has 1 heterocycles. The predicted molar refractivity (Wildman–Crippen MR) is 95.4 cm³/mol. The van der Waals surface area contributed by atoms with E-state index in [-0.39, 0.29) is 0 Å². The maximum Gasteiger partial charge on any atom is 0.213 e. The number of methoxy groups -OCH3 is 1. The number of aliphatic imine (C=N–C) groups is 1. The first-order valence-corrected chi connectivity index (χ1v) is 7.91. The maximum absolute atomic E-state index is 5.64. The molecule has 0 bridgehead atoms. The summed E-state index contributed by atoms with van der Waals surface area (Å²) in [6, 6.07) is 11.8. The monoisotopic (exact) mass is 328 g/mol. The molecule has 2 aromatic rings. The molecule has 0 aliphatic rings. The van der Waals surface area contributed by atoms with Crippen LogP contribution in [0.15, 0.2) is 47.6 Å². The minimum Gasteiger partial charge on any atom is -0.494 e. The number of aromatic nitrogens is 1. The van der Waals surface area contributed by atoms with Gasteiger partial charge in [0.05, 0.1) is 13.7 Å². The Morgan fingerprint density at radius 2 is 1.96 bits per heavy atom. The molecule has 1 aromatic heterocycles. The normalized spacial score (nSPS) is 11.0. The predicted octanol–water partition coefficient (Wildman–Crippen LogP) is 2.35. The van der Waals surface area contributed by atoms with Crippen molar-refractivity contribution in [2.45, 2.75) is 20.0 Å². The Kier molecular flexibility index (Phi) is 6.89. The van der Waals surface area contributed by atoms with Gasteiger partial charge in [-0.15, -0.1) is 0 Å². The molecule has 0 fully saturated rings. The van der Waals surface area contributed by atoms with Gasteiger partial charge in [-0.25, -0.2) is 4.98 Å². The van der Waals surface area contributed by atoms with Gasteiger partial charge in [-0.3, -0.25) is 4.99 Å². The number of para-hydroxylation sites is 1. The summed E-state index contributed by atoms with van der Waals surface area (Å²) in [4.78, 5) is 8.34. The number of pyridine rings is 1. The molecule has 24 heavy (non-hydrogen) atoms. The number of ether oxygens (including phenoxy) is 2. The van der Waals surface area contributed by atoms with Crippen LogP contribution in [0, 0.1) is 0 Å². The van der Waals surface area contributed by atoms with Crippen LogP contribution in [0.25, 0.3) is 0 Å². The third-order valence-corrected chi connectivity index (χ3v) is 3.41. The Hall–Kier alpha value is -2.76. The van der Waals surface area contributed by atoms with E-state index in [2.05, 4.69) is 20.6 Å². The van der Waals surface area contributed by atoms with Gasteiger partial charge in [0.1, 0.15) is 5.75 Å². The van der Waals surface area contributed by atoms with E-state index in [0.29, 0.717) is 25.6 Å². The fraction of sp³-hybridized carbons (Fsp3) is 0.333. The van der Waals surface area contributed by atoms with Crippen LogP contribution < -0.4 is 20.1 Å². The molecule has 2 N–H and O–H groups in total. The number of rotatable bonds is 7. The van der Waals surface area contributed by atoms with E-state index in [1.54, 1.807) is 20.4 Å². The number of guanidine groups is 1. The SMILES string of the molecule is CCOc1ccccc1CNC(=NC)NCc1ccnc(OC)c1. The van der Waals surface area contributed by atoms with Crippen molar-refractivity contribution in [3.8, 4) is 11.6 Å². The first-order chi connectivity index (χ1) is 11.8. The van der Waals surface area contributed by atoms with Crippen molar-refractivity contribution in [1.82, 2.24) is 15.6 Å². The molecular formula is C18H24N4O2. The van der Waals surface area contributed by atoms with Crippen molar-refractivity contribution in [1.29, 1.82) is 0 Å². The van der Waals surface area contributed by atoms with Gasteiger partial charge in [-0.2, -0.15) is 0 Å². The second kappa shape index (κ2) is 9.39. The van der Waals surface area contributed by atoms with E-state index < -0.39 is 0 Å². The first-order valence-electron chi connectivity index (χ1n) is 7.91. The van der Waals surface area contributed by atoms with E-state index in [9.17, 15) is 0 Å². The molecule has 128 valence electrons. The van der Waals surface area contributed by atoms with E-state index in [1.165, 1.54) is 0 Å². The van der Waals surface area contributed by atoms with Crippen LogP contribution in [0.2, 0.25) is 0 Å². The van der Waals surface area contributed by atoms with Crippen molar-refractivity contribution in [2.24, 2.45) is 4.99 Å². The van der Waals surface area contributed by atoms with E-state index in [0.717, 1.165) is 22.8 Å². The molecule has 0 radical (unpaired) electrons. The molecule has 1 aromatic carbocycles. The minimum absolute atomic E-state index is 0.600. The summed E-state index contributed by atoms with van der Waals surface area (Å²) in [5, 5.41) is 6.57. The molecular weight excluding hydrogens is 304 g/mol. The second-order valence-corrected chi connectivity index (χ2v) is 5.03. The third-order valence-electron chi connectivity index (χ3n) is 3.41. The maximum atomic E-state index is 5.64. The van der Waals surface area contributed by atoms with Gasteiger partial charge in [0.25, 0.3) is 0 Å². The summed E-state index contributed by atoms with van der Waals surface area (Å²) in [5.74, 6) is 2.21. The van der Waals surface area contributed by atoms with Crippen molar-refractivity contribution < 1.29 is 9.47 Å². The van der Waals surface area contributed by atoms with Gasteiger partial charge in [-0.1, -0.05) is 18.2 Å². The van der Waals surface area contributed by atoms with E-state index in [1.807, 2.05) is 43.3 Å².